The van der Waals surface area contributed by atoms with Gasteiger partial charge in [0.05, 0.1) is 11.9 Å². The Bertz CT molecular complexity index is 573. The van der Waals surface area contributed by atoms with E-state index in [2.05, 4.69) is 15.2 Å². The minimum atomic E-state index is -0.511. The highest BCUT2D eigenvalue weighted by Crippen LogP contribution is 2.33. The molecule has 0 unspecified atom stereocenters. The van der Waals surface area contributed by atoms with E-state index in [1.54, 1.807) is 24.2 Å². The van der Waals surface area contributed by atoms with Crippen LogP contribution in [0, 0.1) is 0 Å². The Morgan fingerprint density at radius 3 is 2.90 bits per heavy atom. The molecule has 0 bridgehead atoms. The summed E-state index contributed by atoms with van der Waals surface area (Å²) < 4.78 is 17.9. The van der Waals surface area contributed by atoms with Crippen LogP contribution in [-0.2, 0) is 21.6 Å². The Kier molecular flexibility index (Phi) is 3.41. The van der Waals surface area contributed by atoms with Gasteiger partial charge in [-0.05, 0) is 0 Å². The first-order valence-electron chi connectivity index (χ1n) is 6.46. The Balaban J connectivity index is 1.78. The van der Waals surface area contributed by atoms with Crippen molar-refractivity contribution in [1.82, 2.24) is 19.9 Å². The van der Waals surface area contributed by atoms with E-state index in [4.69, 9.17) is 19.7 Å². The maximum Gasteiger partial charge on any atom is 0.248 e. The SMILES string of the molecule is COC1(c2noc(Cn3cc(N)cn3)n2)CCOCC1. The molecular formula is C12H17N5O3. The molecule has 0 radical (unpaired) electrons. The van der Waals surface area contributed by atoms with Crippen LogP contribution in [-0.4, -0.2) is 40.2 Å². The van der Waals surface area contributed by atoms with Gasteiger partial charge in [-0.25, -0.2) is 0 Å². The first-order chi connectivity index (χ1) is 9.72. The zero-order valence-electron chi connectivity index (χ0n) is 11.3. The van der Waals surface area contributed by atoms with Gasteiger partial charge < -0.3 is 19.7 Å². The third kappa shape index (κ3) is 2.39. The highest BCUT2D eigenvalue weighted by Gasteiger charge is 2.39. The molecule has 1 fully saturated rings. The van der Waals surface area contributed by atoms with Crippen molar-refractivity contribution in [2.24, 2.45) is 0 Å². The van der Waals surface area contributed by atoms with Gasteiger partial charge in [0.1, 0.15) is 12.1 Å². The zero-order chi connectivity index (χ0) is 14.0. The predicted molar refractivity (Wildman–Crippen MR) is 68.8 cm³/mol. The zero-order valence-corrected chi connectivity index (χ0v) is 11.3. The van der Waals surface area contributed by atoms with Crippen LogP contribution in [0.4, 0.5) is 5.69 Å². The van der Waals surface area contributed by atoms with Crippen LogP contribution in [0.3, 0.4) is 0 Å². The van der Waals surface area contributed by atoms with Crippen molar-refractivity contribution >= 4 is 5.69 Å². The second-order valence-corrected chi connectivity index (χ2v) is 4.79. The second-order valence-electron chi connectivity index (χ2n) is 4.79. The lowest BCUT2D eigenvalue weighted by Crippen LogP contribution is -2.36. The van der Waals surface area contributed by atoms with Gasteiger partial charge >= 0.3 is 0 Å². The molecule has 2 aromatic rings. The minimum Gasteiger partial charge on any atom is -0.396 e. The fraction of sp³-hybridized carbons (Fsp3) is 0.583. The van der Waals surface area contributed by atoms with Gasteiger partial charge in [0.25, 0.3) is 0 Å². The lowest BCUT2D eigenvalue weighted by molar-refractivity contribution is -0.101. The van der Waals surface area contributed by atoms with Crippen LogP contribution in [0.2, 0.25) is 0 Å². The predicted octanol–water partition coefficient (Wildman–Crippen LogP) is 0.549. The first kappa shape index (κ1) is 13.1. The number of nitrogens with two attached hydrogens (primary N) is 1. The standard InChI is InChI=1S/C12H17N5O3/c1-18-12(2-4-19-5-3-12)11-15-10(20-16-11)8-17-7-9(13)6-14-17/h6-7H,2-5,8,13H2,1H3. The Hall–Kier alpha value is -1.93. The number of nitrogen functional groups attached to an aromatic ring is 1. The molecular weight excluding hydrogens is 262 g/mol. The van der Waals surface area contributed by atoms with Crippen molar-refractivity contribution in [3.8, 4) is 0 Å². The Morgan fingerprint density at radius 2 is 2.25 bits per heavy atom. The molecule has 8 nitrogen and oxygen atoms in total. The summed E-state index contributed by atoms with van der Waals surface area (Å²) >= 11 is 0. The number of rotatable bonds is 4. The molecule has 0 aromatic carbocycles. The van der Waals surface area contributed by atoms with Crippen LogP contribution in [0.5, 0.6) is 0 Å². The molecule has 1 aliphatic heterocycles. The van der Waals surface area contributed by atoms with Crippen molar-refractivity contribution < 1.29 is 14.0 Å². The molecule has 3 rings (SSSR count). The maximum atomic E-state index is 5.63. The molecule has 3 heterocycles. The minimum absolute atomic E-state index is 0.389. The van der Waals surface area contributed by atoms with Crippen LogP contribution >= 0.6 is 0 Å². The summed E-state index contributed by atoms with van der Waals surface area (Å²) in [6.45, 7) is 1.65. The highest BCUT2D eigenvalue weighted by molar-refractivity contribution is 5.30. The van der Waals surface area contributed by atoms with Crippen molar-refractivity contribution in [2.45, 2.75) is 25.0 Å². The monoisotopic (exact) mass is 279 g/mol. The Labute approximate surface area is 115 Å². The summed E-state index contributed by atoms with van der Waals surface area (Å²) in [5.74, 6) is 1.05. The molecule has 0 spiro atoms. The molecule has 0 amide bonds. The van der Waals surface area contributed by atoms with Crippen LogP contribution in [0.25, 0.3) is 0 Å². The maximum absolute atomic E-state index is 5.63. The Morgan fingerprint density at radius 1 is 1.45 bits per heavy atom. The lowest BCUT2D eigenvalue weighted by atomic mass is 9.93. The molecule has 1 saturated heterocycles. The highest BCUT2D eigenvalue weighted by atomic mass is 16.5. The van der Waals surface area contributed by atoms with E-state index in [-0.39, 0.29) is 0 Å². The van der Waals surface area contributed by atoms with Crippen LogP contribution in [0.1, 0.15) is 24.6 Å². The number of methoxy groups -OCH3 is 1. The summed E-state index contributed by atoms with van der Waals surface area (Å²) in [7, 11) is 1.66. The average molecular weight is 279 g/mol. The molecule has 0 atom stereocenters. The number of aromatic nitrogens is 4. The van der Waals surface area contributed by atoms with Gasteiger partial charge in [-0.3, -0.25) is 4.68 Å². The average Bonchev–Trinajstić information content (AvgIpc) is 3.10. The van der Waals surface area contributed by atoms with E-state index in [0.29, 0.717) is 37.2 Å². The van der Waals surface area contributed by atoms with Crippen molar-refractivity contribution in [3.63, 3.8) is 0 Å². The summed E-state index contributed by atoms with van der Waals surface area (Å²) in [5.41, 5.74) is 5.70. The van der Waals surface area contributed by atoms with Gasteiger partial charge in [-0.2, -0.15) is 10.1 Å². The quantitative estimate of drug-likeness (QED) is 0.871. The van der Waals surface area contributed by atoms with E-state index < -0.39 is 5.60 Å². The lowest BCUT2D eigenvalue weighted by Gasteiger charge is -2.32. The third-order valence-electron chi connectivity index (χ3n) is 3.52. The summed E-state index contributed by atoms with van der Waals surface area (Å²) in [6.07, 6.45) is 4.73. The molecule has 20 heavy (non-hydrogen) atoms. The fourth-order valence-corrected chi connectivity index (χ4v) is 2.33. The smallest absolute Gasteiger partial charge is 0.248 e. The summed E-state index contributed by atoms with van der Waals surface area (Å²) in [6, 6.07) is 0. The largest absolute Gasteiger partial charge is 0.396 e. The summed E-state index contributed by atoms with van der Waals surface area (Å²) in [5, 5.41) is 8.13. The topological polar surface area (TPSA) is 101 Å². The van der Waals surface area contributed by atoms with Gasteiger partial charge in [0.2, 0.25) is 11.7 Å². The number of hydrogen-bond acceptors (Lipinski definition) is 7. The van der Waals surface area contributed by atoms with Gasteiger partial charge in [-0.1, -0.05) is 5.16 Å². The molecule has 0 aliphatic carbocycles. The molecule has 1 aliphatic rings. The third-order valence-corrected chi connectivity index (χ3v) is 3.52. The fourth-order valence-electron chi connectivity index (χ4n) is 2.33. The number of nitrogens with zero attached hydrogens (tertiary/aromatic N) is 4. The van der Waals surface area contributed by atoms with E-state index in [0.717, 1.165) is 12.8 Å². The van der Waals surface area contributed by atoms with Crippen molar-refractivity contribution in [2.75, 3.05) is 26.1 Å². The van der Waals surface area contributed by atoms with Gasteiger partial charge in [0.15, 0.2) is 0 Å². The second kappa shape index (κ2) is 5.22. The van der Waals surface area contributed by atoms with E-state index in [9.17, 15) is 0 Å². The molecule has 0 saturated carbocycles. The van der Waals surface area contributed by atoms with Crippen molar-refractivity contribution in [3.05, 3.63) is 24.1 Å². The van der Waals surface area contributed by atoms with Gasteiger partial charge in [-0.15, -0.1) is 0 Å². The van der Waals surface area contributed by atoms with E-state index in [1.807, 2.05) is 0 Å². The molecule has 108 valence electrons. The normalized spacial score (nSPS) is 18.2. The van der Waals surface area contributed by atoms with Gasteiger partial charge in [0, 0.05) is 39.4 Å². The van der Waals surface area contributed by atoms with Crippen molar-refractivity contribution in [1.29, 1.82) is 0 Å². The number of ether oxygens (including phenoxy) is 2. The summed E-state index contributed by atoms with van der Waals surface area (Å²) in [4.78, 5) is 4.42. The molecule has 2 aromatic heterocycles. The number of hydrogen-bond donors (Lipinski definition) is 1. The first-order valence-corrected chi connectivity index (χ1v) is 6.46. The number of anilines is 1. The van der Waals surface area contributed by atoms with Crippen LogP contribution < -0.4 is 5.73 Å². The van der Waals surface area contributed by atoms with E-state index >= 15 is 0 Å². The van der Waals surface area contributed by atoms with E-state index in [1.165, 1.54) is 0 Å². The van der Waals surface area contributed by atoms with Crippen LogP contribution in [0.15, 0.2) is 16.9 Å². The molecule has 8 heteroatoms. The molecule has 2 N–H and O–H groups in total.